The Labute approximate surface area is 161 Å². The van der Waals surface area contributed by atoms with Crippen LogP contribution in [0.2, 0.25) is 5.02 Å². The lowest BCUT2D eigenvalue weighted by molar-refractivity contribution is -0.117. The number of aromatic nitrogens is 3. The van der Waals surface area contributed by atoms with E-state index >= 15 is 0 Å². The van der Waals surface area contributed by atoms with Gasteiger partial charge in [0.1, 0.15) is 5.52 Å². The molecule has 1 aliphatic rings. The third-order valence-corrected chi connectivity index (χ3v) is 5.08. The van der Waals surface area contributed by atoms with E-state index in [1.807, 2.05) is 24.4 Å². The van der Waals surface area contributed by atoms with Crippen LogP contribution in [0.25, 0.3) is 22.0 Å². The van der Waals surface area contributed by atoms with Crippen molar-refractivity contribution in [3.63, 3.8) is 0 Å². The van der Waals surface area contributed by atoms with Crippen LogP contribution in [0.1, 0.15) is 18.9 Å². The van der Waals surface area contributed by atoms with Crippen molar-refractivity contribution in [3.05, 3.63) is 47.2 Å². The third-order valence-electron chi connectivity index (χ3n) is 4.79. The number of carbonyl (C=O) groups excluding carboxylic acids is 1. The molecule has 4 rings (SSSR count). The van der Waals surface area contributed by atoms with Crippen LogP contribution in [0, 0.1) is 23.2 Å². The topological polar surface area (TPSA) is 91.6 Å². The molecule has 0 radical (unpaired) electrons. The van der Waals surface area contributed by atoms with Crippen molar-refractivity contribution in [2.45, 2.75) is 19.8 Å². The number of nitrogens with one attached hydrogen (secondary N) is 1. The average molecular weight is 378 g/mol. The van der Waals surface area contributed by atoms with E-state index in [1.165, 1.54) is 5.56 Å². The van der Waals surface area contributed by atoms with Gasteiger partial charge in [0.25, 0.3) is 0 Å². The second-order valence-corrected chi connectivity index (χ2v) is 6.99. The van der Waals surface area contributed by atoms with Crippen LogP contribution in [0.4, 0.5) is 5.82 Å². The maximum absolute atomic E-state index is 12.2. The van der Waals surface area contributed by atoms with Gasteiger partial charge in [0.15, 0.2) is 5.82 Å². The predicted octanol–water partition coefficient (Wildman–Crippen LogP) is 4.01. The van der Waals surface area contributed by atoms with Crippen LogP contribution >= 0.6 is 11.6 Å². The number of carbonyl (C=O) groups is 1. The van der Waals surface area contributed by atoms with Crippen molar-refractivity contribution in [1.29, 1.82) is 5.26 Å². The summed E-state index contributed by atoms with van der Waals surface area (Å²) < 4.78 is 0. The van der Waals surface area contributed by atoms with Crippen molar-refractivity contribution in [2.75, 3.05) is 5.32 Å². The second kappa shape index (κ2) is 6.93. The Bertz CT molecular complexity index is 1090. The Morgan fingerprint density at radius 1 is 1.37 bits per heavy atom. The van der Waals surface area contributed by atoms with E-state index in [-0.39, 0.29) is 17.7 Å². The van der Waals surface area contributed by atoms with Gasteiger partial charge in [-0.15, -0.1) is 10.2 Å². The molecule has 3 aromatic rings. The summed E-state index contributed by atoms with van der Waals surface area (Å²) >= 11 is 6.42. The molecule has 6 nitrogen and oxygen atoms in total. The third kappa shape index (κ3) is 3.34. The highest BCUT2D eigenvalue weighted by atomic mass is 35.5. The van der Waals surface area contributed by atoms with Crippen molar-refractivity contribution < 1.29 is 4.79 Å². The number of rotatable bonds is 4. The highest BCUT2D eigenvalue weighted by molar-refractivity contribution is 6.35. The first-order valence-electron chi connectivity index (χ1n) is 8.71. The molecule has 2 atom stereocenters. The van der Waals surface area contributed by atoms with E-state index in [0.29, 0.717) is 22.8 Å². The molecule has 1 saturated carbocycles. The highest BCUT2D eigenvalue weighted by Crippen LogP contribution is 2.38. The summed E-state index contributed by atoms with van der Waals surface area (Å²) in [5.74, 6) is -0.299. The van der Waals surface area contributed by atoms with Crippen molar-refractivity contribution in [1.82, 2.24) is 15.2 Å². The van der Waals surface area contributed by atoms with E-state index in [4.69, 9.17) is 16.9 Å². The van der Waals surface area contributed by atoms with Crippen molar-refractivity contribution in [3.8, 4) is 17.2 Å². The maximum atomic E-state index is 12.2. The molecule has 134 valence electrons. The first-order chi connectivity index (χ1) is 13.1. The molecule has 2 aromatic heterocycles. The molecule has 1 aliphatic carbocycles. The number of benzene rings is 1. The van der Waals surface area contributed by atoms with E-state index in [9.17, 15) is 4.79 Å². The number of aryl methyl sites for hydroxylation is 1. The first kappa shape index (κ1) is 17.4. The lowest BCUT2D eigenvalue weighted by Gasteiger charge is -2.10. The summed E-state index contributed by atoms with van der Waals surface area (Å²) in [6, 6.07) is 9.68. The Kier molecular flexibility index (Phi) is 4.46. The quantitative estimate of drug-likeness (QED) is 0.741. The molecule has 1 amide bonds. The van der Waals surface area contributed by atoms with Gasteiger partial charge < -0.3 is 5.32 Å². The largest absolute Gasteiger partial charge is 0.309 e. The highest BCUT2D eigenvalue weighted by Gasteiger charge is 2.43. The molecule has 0 bridgehead atoms. The zero-order chi connectivity index (χ0) is 19.0. The predicted molar refractivity (Wildman–Crippen MR) is 103 cm³/mol. The summed E-state index contributed by atoms with van der Waals surface area (Å²) in [6.07, 6.45) is 5.07. The SMILES string of the molecule is CCc1ccncc1-c1cc(Cl)c2nnc(NC(=O)[C@@H]3C[C@H]3C#N)cc2c1. The van der Waals surface area contributed by atoms with Crippen molar-refractivity contribution in [2.24, 2.45) is 11.8 Å². The van der Waals surface area contributed by atoms with Crippen LogP contribution in [-0.2, 0) is 11.2 Å². The molecule has 2 heterocycles. The summed E-state index contributed by atoms with van der Waals surface area (Å²) in [5.41, 5.74) is 3.70. The van der Waals surface area contributed by atoms with Gasteiger partial charge in [-0.3, -0.25) is 9.78 Å². The Balaban J connectivity index is 1.70. The molecule has 1 fully saturated rings. The van der Waals surface area contributed by atoms with Gasteiger partial charge >= 0.3 is 0 Å². The molecule has 1 aromatic carbocycles. The fourth-order valence-electron chi connectivity index (χ4n) is 3.17. The van der Waals surface area contributed by atoms with E-state index in [0.717, 1.165) is 22.9 Å². The number of amides is 1. The molecular formula is C20H16ClN5O. The van der Waals surface area contributed by atoms with Crippen molar-refractivity contribution >= 4 is 34.2 Å². The minimum Gasteiger partial charge on any atom is -0.309 e. The Morgan fingerprint density at radius 3 is 2.96 bits per heavy atom. The van der Waals surface area contributed by atoms with Gasteiger partial charge in [-0.25, -0.2) is 0 Å². The lowest BCUT2D eigenvalue weighted by Crippen LogP contribution is -2.15. The lowest BCUT2D eigenvalue weighted by atomic mass is 9.99. The number of hydrogen-bond donors (Lipinski definition) is 1. The molecule has 0 aliphatic heterocycles. The number of nitriles is 1. The Hall–Kier alpha value is -3.04. The number of nitrogens with zero attached hydrogens (tertiary/aromatic N) is 4. The standard InChI is InChI=1S/C20H16ClN5O/c1-2-11-3-4-23-10-16(11)12-5-13-8-18(25-26-19(13)17(21)7-12)24-20(27)15-6-14(15)9-22/h3-5,7-8,10,14-15H,2,6H2,1H3,(H,24,25,27)/t14-,15+/m0/s1. The molecule has 0 unspecified atom stereocenters. The van der Waals surface area contributed by atoms with Crippen LogP contribution in [0.15, 0.2) is 36.7 Å². The molecule has 0 spiro atoms. The maximum Gasteiger partial charge on any atom is 0.230 e. The van der Waals surface area contributed by atoms with Crippen LogP contribution in [0.5, 0.6) is 0 Å². The van der Waals surface area contributed by atoms with Crippen LogP contribution in [-0.4, -0.2) is 21.1 Å². The summed E-state index contributed by atoms with van der Waals surface area (Å²) in [4.78, 5) is 16.4. The van der Waals surface area contributed by atoms with Gasteiger partial charge in [-0.05, 0) is 48.2 Å². The van der Waals surface area contributed by atoms with Gasteiger partial charge in [0, 0.05) is 23.3 Å². The first-order valence-corrected chi connectivity index (χ1v) is 9.09. The summed E-state index contributed by atoms with van der Waals surface area (Å²) in [5, 5.41) is 21.1. The molecule has 1 N–H and O–H groups in total. The number of pyridine rings is 1. The number of fused-ring (bicyclic) bond motifs is 1. The zero-order valence-corrected chi connectivity index (χ0v) is 15.4. The van der Waals surface area contributed by atoms with Gasteiger partial charge in [-0.2, -0.15) is 5.26 Å². The second-order valence-electron chi connectivity index (χ2n) is 6.58. The van der Waals surface area contributed by atoms with Crippen LogP contribution in [0.3, 0.4) is 0 Å². The monoisotopic (exact) mass is 377 g/mol. The number of halogens is 1. The fourth-order valence-corrected chi connectivity index (χ4v) is 3.43. The normalized spacial score (nSPS) is 18.1. The summed E-state index contributed by atoms with van der Waals surface area (Å²) in [7, 11) is 0. The summed E-state index contributed by atoms with van der Waals surface area (Å²) in [6.45, 7) is 2.09. The smallest absolute Gasteiger partial charge is 0.230 e. The minimum absolute atomic E-state index is 0.196. The average Bonchev–Trinajstić information content (AvgIpc) is 3.47. The molecule has 0 saturated heterocycles. The number of anilines is 1. The Morgan fingerprint density at radius 2 is 2.22 bits per heavy atom. The van der Waals surface area contributed by atoms with E-state index < -0.39 is 0 Å². The molecular weight excluding hydrogens is 362 g/mol. The molecule has 7 heteroatoms. The van der Waals surface area contributed by atoms with Gasteiger partial charge in [0.05, 0.1) is 22.9 Å². The van der Waals surface area contributed by atoms with E-state index in [2.05, 4.69) is 33.5 Å². The number of hydrogen-bond acceptors (Lipinski definition) is 5. The van der Waals surface area contributed by atoms with E-state index in [1.54, 1.807) is 12.3 Å². The van der Waals surface area contributed by atoms with Gasteiger partial charge in [-0.1, -0.05) is 18.5 Å². The van der Waals surface area contributed by atoms with Gasteiger partial charge in [0.2, 0.25) is 5.91 Å². The zero-order valence-electron chi connectivity index (χ0n) is 14.6. The molecule has 27 heavy (non-hydrogen) atoms. The van der Waals surface area contributed by atoms with Crippen LogP contribution < -0.4 is 5.32 Å². The fraction of sp³-hybridized carbons (Fsp3) is 0.250. The minimum atomic E-state index is -0.259.